The van der Waals surface area contributed by atoms with Crippen LogP contribution in [0.5, 0.6) is 0 Å². The number of carbonyl (C=O) groups is 1. The van der Waals surface area contributed by atoms with Crippen LogP contribution in [0.2, 0.25) is 5.02 Å². The minimum absolute atomic E-state index is 0.0905. The number of aromatic nitrogens is 2. The van der Waals surface area contributed by atoms with Gasteiger partial charge in [-0.05, 0) is 36.2 Å². The number of benzene rings is 1. The number of pyridine rings is 1. The average molecular weight is 398 g/mol. The second kappa shape index (κ2) is 8.31. The standard InChI is InChI=1S/C21H24ClN5O/c22-18-6-7-20-24-19(15-27(20)13-18)14-25-8-1-9-26(11-10-25)21(28)17-4-2-16(12-23)3-5-17/h2-7,13,15H,1,8-12,14,23H2. The minimum atomic E-state index is 0.0905. The van der Waals surface area contributed by atoms with E-state index in [4.69, 9.17) is 17.3 Å². The summed E-state index contributed by atoms with van der Waals surface area (Å²) in [6.07, 6.45) is 4.84. The van der Waals surface area contributed by atoms with E-state index in [0.29, 0.717) is 11.6 Å². The van der Waals surface area contributed by atoms with E-state index in [2.05, 4.69) is 9.88 Å². The second-order valence-electron chi connectivity index (χ2n) is 7.17. The summed E-state index contributed by atoms with van der Waals surface area (Å²) < 4.78 is 1.95. The third-order valence-corrected chi connectivity index (χ3v) is 5.39. The number of nitrogens with zero attached hydrogens (tertiary/aromatic N) is 4. The lowest BCUT2D eigenvalue weighted by atomic mass is 10.1. The van der Waals surface area contributed by atoms with Gasteiger partial charge in [0.15, 0.2) is 0 Å². The van der Waals surface area contributed by atoms with Crippen molar-refractivity contribution >= 4 is 23.2 Å². The summed E-state index contributed by atoms with van der Waals surface area (Å²) in [4.78, 5) is 21.8. The Kier molecular flexibility index (Phi) is 5.62. The molecule has 2 aromatic heterocycles. The highest BCUT2D eigenvalue weighted by Crippen LogP contribution is 2.15. The monoisotopic (exact) mass is 397 g/mol. The van der Waals surface area contributed by atoms with E-state index in [0.717, 1.165) is 61.6 Å². The molecule has 2 N–H and O–H groups in total. The summed E-state index contributed by atoms with van der Waals surface area (Å²) in [7, 11) is 0. The predicted octanol–water partition coefficient (Wildman–Crippen LogP) is 2.79. The molecule has 1 saturated heterocycles. The molecule has 3 aromatic rings. The number of fused-ring (bicyclic) bond motifs is 1. The van der Waals surface area contributed by atoms with Crippen LogP contribution in [0, 0.1) is 0 Å². The molecular weight excluding hydrogens is 374 g/mol. The van der Waals surface area contributed by atoms with Crippen LogP contribution in [-0.4, -0.2) is 51.3 Å². The zero-order valence-electron chi connectivity index (χ0n) is 15.7. The first-order valence-corrected chi connectivity index (χ1v) is 9.94. The van der Waals surface area contributed by atoms with Crippen LogP contribution >= 0.6 is 11.6 Å². The lowest BCUT2D eigenvalue weighted by Gasteiger charge is -2.21. The third kappa shape index (κ3) is 4.19. The first kappa shape index (κ1) is 18.9. The molecule has 0 atom stereocenters. The zero-order chi connectivity index (χ0) is 19.5. The van der Waals surface area contributed by atoms with Gasteiger partial charge >= 0.3 is 0 Å². The molecule has 0 saturated carbocycles. The van der Waals surface area contributed by atoms with E-state index in [-0.39, 0.29) is 5.91 Å². The summed E-state index contributed by atoms with van der Waals surface area (Å²) in [5, 5.41) is 0.694. The summed E-state index contributed by atoms with van der Waals surface area (Å²) in [5.74, 6) is 0.0905. The normalized spacial score (nSPS) is 15.7. The molecule has 3 heterocycles. The molecule has 1 aromatic carbocycles. The quantitative estimate of drug-likeness (QED) is 0.735. The first-order valence-electron chi connectivity index (χ1n) is 9.56. The number of hydrogen-bond acceptors (Lipinski definition) is 4. The predicted molar refractivity (Wildman–Crippen MR) is 110 cm³/mol. The van der Waals surface area contributed by atoms with Crippen molar-refractivity contribution in [3.05, 3.63) is 70.6 Å². The Morgan fingerprint density at radius 1 is 1.04 bits per heavy atom. The van der Waals surface area contributed by atoms with E-state index in [1.165, 1.54) is 0 Å². The molecule has 4 rings (SSSR count). The lowest BCUT2D eigenvalue weighted by molar-refractivity contribution is 0.0761. The number of halogens is 1. The SMILES string of the molecule is NCc1ccc(C(=O)N2CCCN(Cc3cn4cc(Cl)ccc4n3)CC2)cc1. The summed E-state index contributed by atoms with van der Waals surface area (Å²) >= 11 is 6.05. The molecule has 1 fully saturated rings. The molecule has 0 aliphatic carbocycles. The van der Waals surface area contributed by atoms with Crippen molar-refractivity contribution in [1.82, 2.24) is 19.2 Å². The maximum Gasteiger partial charge on any atom is 0.253 e. The molecule has 1 aliphatic rings. The van der Waals surface area contributed by atoms with E-state index in [9.17, 15) is 4.79 Å². The van der Waals surface area contributed by atoms with Gasteiger partial charge in [-0.3, -0.25) is 9.69 Å². The fourth-order valence-corrected chi connectivity index (χ4v) is 3.79. The number of hydrogen-bond donors (Lipinski definition) is 1. The molecule has 1 aliphatic heterocycles. The molecule has 6 nitrogen and oxygen atoms in total. The fourth-order valence-electron chi connectivity index (χ4n) is 3.62. The van der Waals surface area contributed by atoms with E-state index in [1.807, 2.05) is 58.1 Å². The average Bonchev–Trinajstić information content (AvgIpc) is 2.95. The highest BCUT2D eigenvalue weighted by atomic mass is 35.5. The minimum Gasteiger partial charge on any atom is -0.337 e. The van der Waals surface area contributed by atoms with E-state index >= 15 is 0 Å². The summed E-state index contributed by atoms with van der Waals surface area (Å²) in [6.45, 7) is 4.53. The van der Waals surface area contributed by atoms with Gasteiger partial charge in [-0.1, -0.05) is 23.7 Å². The summed E-state index contributed by atoms with van der Waals surface area (Å²) in [6, 6.07) is 11.4. The van der Waals surface area contributed by atoms with Crippen LogP contribution in [0.25, 0.3) is 5.65 Å². The maximum atomic E-state index is 12.8. The highest BCUT2D eigenvalue weighted by Gasteiger charge is 2.21. The van der Waals surface area contributed by atoms with Crippen LogP contribution in [0.1, 0.15) is 28.0 Å². The van der Waals surface area contributed by atoms with Gasteiger partial charge in [0.05, 0.1) is 10.7 Å². The van der Waals surface area contributed by atoms with Crippen LogP contribution in [0.3, 0.4) is 0 Å². The topological polar surface area (TPSA) is 66.9 Å². The van der Waals surface area contributed by atoms with E-state index < -0.39 is 0 Å². The van der Waals surface area contributed by atoms with Crippen LogP contribution in [0.4, 0.5) is 0 Å². The molecule has 1 amide bonds. The number of imidazole rings is 1. The first-order chi connectivity index (χ1) is 13.6. The number of rotatable bonds is 4. The van der Waals surface area contributed by atoms with Crippen molar-refractivity contribution < 1.29 is 4.79 Å². The largest absolute Gasteiger partial charge is 0.337 e. The summed E-state index contributed by atoms with van der Waals surface area (Å²) in [5.41, 5.74) is 9.30. The van der Waals surface area contributed by atoms with Gasteiger partial charge in [0, 0.05) is 57.2 Å². The fraction of sp³-hybridized carbons (Fsp3) is 0.333. The van der Waals surface area contributed by atoms with Crippen molar-refractivity contribution in [2.45, 2.75) is 19.5 Å². The maximum absolute atomic E-state index is 12.8. The van der Waals surface area contributed by atoms with Gasteiger partial charge < -0.3 is 15.0 Å². The Hall–Kier alpha value is -2.41. The van der Waals surface area contributed by atoms with Gasteiger partial charge in [-0.25, -0.2) is 4.98 Å². The van der Waals surface area contributed by atoms with Crippen molar-refractivity contribution in [1.29, 1.82) is 0 Å². The van der Waals surface area contributed by atoms with Crippen molar-refractivity contribution in [2.24, 2.45) is 5.73 Å². The Bertz CT molecular complexity index is 969. The van der Waals surface area contributed by atoms with E-state index in [1.54, 1.807) is 0 Å². The lowest BCUT2D eigenvalue weighted by Crippen LogP contribution is -2.35. The molecule has 28 heavy (non-hydrogen) atoms. The highest BCUT2D eigenvalue weighted by molar-refractivity contribution is 6.30. The van der Waals surface area contributed by atoms with Crippen LogP contribution in [0.15, 0.2) is 48.8 Å². The van der Waals surface area contributed by atoms with Crippen molar-refractivity contribution in [2.75, 3.05) is 26.2 Å². The van der Waals surface area contributed by atoms with Gasteiger partial charge in [0.1, 0.15) is 5.65 Å². The van der Waals surface area contributed by atoms with Crippen molar-refractivity contribution in [3.63, 3.8) is 0 Å². The Balaban J connectivity index is 1.39. The Morgan fingerprint density at radius 3 is 2.64 bits per heavy atom. The van der Waals surface area contributed by atoms with Crippen molar-refractivity contribution in [3.8, 4) is 0 Å². The number of carbonyl (C=O) groups excluding carboxylic acids is 1. The molecule has 0 spiro atoms. The number of nitrogens with two attached hydrogens (primary N) is 1. The Labute approximate surface area is 169 Å². The molecule has 0 unspecified atom stereocenters. The third-order valence-electron chi connectivity index (χ3n) is 5.16. The van der Waals surface area contributed by atoms with Crippen LogP contribution in [-0.2, 0) is 13.1 Å². The molecule has 7 heteroatoms. The number of amides is 1. The Morgan fingerprint density at radius 2 is 1.86 bits per heavy atom. The molecule has 146 valence electrons. The van der Waals surface area contributed by atoms with Gasteiger partial charge in [-0.15, -0.1) is 0 Å². The molecular formula is C21H24ClN5O. The molecule has 0 bridgehead atoms. The zero-order valence-corrected chi connectivity index (χ0v) is 16.5. The molecule has 0 radical (unpaired) electrons. The van der Waals surface area contributed by atoms with Gasteiger partial charge in [-0.2, -0.15) is 0 Å². The second-order valence-corrected chi connectivity index (χ2v) is 7.60. The van der Waals surface area contributed by atoms with Gasteiger partial charge in [0.2, 0.25) is 0 Å². The van der Waals surface area contributed by atoms with Gasteiger partial charge in [0.25, 0.3) is 5.91 Å². The van der Waals surface area contributed by atoms with Crippen LogP contribution < -0.4 is 5.73 Å². The smallest absolute Gasteiger partial charge is 0.253 e.